The van der Waals surface area contributed by atoms with Crippen LogP contribution in [0.25, 0.3) is 0 Å². The van der Waals surface area contributed by atoms with E-state index in [0.717, 1.165) is 6.07 Å². The van der Waals surface area contributed by atoms with Gasteiger partial charge in [-0.15, -0.1) is 0 Å². The lowest BCUT2D eigenvalue weighted by atomic mass is 10.4. The van der Waals surface area contributed by atoms with E-state index in [1.165, 1.54) is 0 Å². The average molecular weight is 157 g/mol. The van der Waals surface area contributed by atoms with Crippen molar-refractivity contribution in [1.82, 2.24) is 9.97 Å². The van der Waals surface area contributed by atoms with Gasteiger partial charge in [0, 0.05) is 6.07 Å². The van der Waals surface area contributed by atoms with Crippen LogP contribution in [0.1, 0.15) is 10.5 Å². The molecule has 3 N–H and O–H groups in total. The van der Waals surface area contributed by atoms with Crippen LogP contribution in [-0.4, -0.2) is 21.0 Å². The van der Waals surface area contributed by atoms with Crippen molar-refractivity contribution in [2.24, 2.45) is 0 Å². The molecule has 1 heterocycles. The third-order valence-electron chi connectivity index (χ3n) is 0.991. The van der Waals surface area contributed by atoms with Gasteiger partial charge < -0.3 is 10.1 Å². The first kappa shape index (κ1) is 7.26. The van der Waals surface area contributed by atoms with E-state index >= 15 is 0 Å². The fourth-order valence-electron chi connectivity index (χ4n) is 0.584. The fourth-order valence-corrected chi connectivity index (χ4v) is 0.584. The highest BCUT2D eigenvalue weighted by Crippen LogP contribution is 1.81. The van der Waals surface area contributed by atoms with Crippen LogP contribution in [0.3, 0.4) is 0 Å². The molecule has 1 aromatic rings. The Morgan fingerprint density at radius 3 is 2.45 bits per heavy atom. The summed E-state index contributed by atoms with van der Waals surface area (Å²) in [6.45, 7) is 0. The van der Waals surface area contributed by atoms with Gasteiger partial charge in [-0.2, -0.15) is 0 Å². The normalized spacial score (nSPS) is 9.45. The van der Waals surface area contributed by atoms with E-state index in [2.05, 4.69) is 0 Å². The highest BCUT2D eigenvalue weighted by Gasteiger charge is 2.03. The van der Waals surface area contributed by atoms with Crippen LogP contribution < -0.4 is 11.2 Å². The summed E-state index contributed by atoms with van der Waals surface area (Å²) in [6.07, 6.45) is 0. The van der Waals surface area contributed by atoms with Gasteiger partial charge in [-0.25, -0.2) is 9.59 Å². The minimum Gasteiger partial charge on any atom is -0.477 e. The molecular formula is C5H4N2O4. The van der Waals surface area contributed by atoms with Crippen LogP contribution in [0.2, 0.25) is 0 Å². The Morgan fingerprint density at radius 2 is 2.00 bits per heavy atom. The molecule has 1 rings (SSSR count). The van der Waals surface area contributed by atoms with Crippen molar-refractivity contribution in [3.8, 4) is 0 Å². The summed E-state index contributed by atoms with van der Waals surface area (Å²) in [5.41, 5.74) is -1.97. The summed E-state index contributed by atoms with van der Waals surface area (Å²) in [6, 6.07) is 0.795. The zero-order valence-electron chi connectivity index (χ0n) is 5.25. The van der Waals surface area contributed by atoms with Crippen LogP contribution in [0.5, 0.6) is 0 Å². The van der Waals surface area contributed by atoms with Crippen LogP contribution in [0, 0.1) is 0 Å². The van der Waals surface area contributed by atoms with Gasteiger partial charge in [0.15, 0.2) is 0 Å². The molecule has 0 aliphatic heterocycles. The highest BCUT2D eigenvalue weighted by atomic mass is 16.4. The minimum absolute atomic E-state index is 0.418. The van der Waals surface area contributed by atoms with Gasteiger partial charge in [0.05, 0.1) is 0 Å². The number of hydrogen-bond donors (Lipinski definition) is 3. The van der Waals surface area contributed by atoms with Gasteiger partial charge in [-0.1, -0.05) is 0 Å². The van der Waals surface area contributed by atoms with Crippen LogP contribution in [-0.2, 0) is 0 Å². The quantitative estimate of drug-likeness (QED) is 0.474. The van der Waals surface area contributed by atoms with Gasteiger partial charge in [0.25, 0.3) is 5.56 Å². The maximum Gasteiger partial charge on any atom is 0.352 e. The van der Waals surface area contributed by atoms with Crippen molar-refractivity contribution in [3.63, 3.8) is 0 Å². The lowest BCUT2D eigenvalue weighted by Gasteiger charge is -1.89. The van der Waals surface area contributed by atoms with Crippen molar-refractivity contribution in [2.45, 2.75) is 0 Å². The summed E-state index contributed by atoms with van der Waals surface area (Å²) >= 11 is 0. The number of carboxylic acids is 1. The molecule has 0 spiro atoms. The number of nitrogens with one attached hydrogen (secondary N) is 2. The van der Waals surface area contributed by atoms with Crippen molar-refractivity contribution in [2.75, 3.05) is 0 Å². The fraction of sp³-hybridized carbons (Fsp3) is 0. The van der Waals surface area contributed by atoms with E-state index in [-0.39, 0.29) is 0 Å². The summed E-state index contributed by atoms with van der Waals surface area (Å²) in [5, 5.41) is 8.31. The maximum atomic E-state index is 10.5. The first-order valence-electron chi connectivity index (χ1n) is 2.66. The first-order valence-corrected chi connectivity index (χ1v) is 2.66. The number of hydrogen-bond acceptors (Lipinski definition) is 3. The Hall–Kier alpha value is -1.85. The number of rotatable bonds is 1. The van der Waals surface area contributed by atoms with E-state index in [4.69, 9.17) is 5.11 Å². The molecule has 0 fully saturated rings. The molecule has 0 radical (unpaired) electrons. The van der Waals surface area contributed by atoms with Crippen molar-refractivity contribution >= 4 is 5.97 Å². The van der Waals surface area contributed by atoms with E-state index in [0.29, 0.717) is 0 Å². The first-order chi connectivity index (χ1) is 5.09. The molecule has 0 saturated carbocycles. The molecule has 0 aromatic carbocycles. The largest absolute Gasteiger partial charge is 0.477 e. The number of carboxylic acid groups (broad SMARTS) is 1. The molecule has 0 atom stereocenters. The molecule has 0 unspecified atom stereocenters. The Bertz CT molecular complexity index is 360. The number of aromatic nitrogens is 2. The second kappa shape index (κ2) is 2.41. The summed E-state index contributed by atoms with van der Waals surface area (Å²) in [4.78, 5) is 34.9. The average Bonchev–Trinajstić information content (AvgIpc) is 1.85. The molecule has 0 bridgehead atoms. The smallest absolute Gasteiger partial charge is 0.352 e. The van der Waals surface area contributed by atoms with Gasteiger partial charge >= 0.3 is 11.7 Å². The van der Waals surface area contributed by atoms with Gasteiger partial charge in [0.1, 0.15) is 5.69 Å². The van der Waals surface area contributed by atoms with Crippen LogP contribution in [0.4, 0.5) is 0 Å². The SMILES string of the molecule is O=C(O)c1cc(=O)[nH]c(=O)[15nH]1. The molecule has 6 heteroatoms. The van der Waals surface area contributed by atoms with Crippen molar-refractivity contribution < 1.29 is 9.90 Å². The predicted molar refractivity (Wildman–Crippen MR) is 34.6 cm³/mol. The Labute approximate surface area is 59.5 Å². The van der Waals surface area contributed by atoms with E-state index in [1.807, 2.05) is 9.97 Å². The Morgan fingerprint density at radius 1 is 1.36 bits per heavy atom. The molecule has 6 nitrogen and oxygen atoms in total. The molecule has 0 saturated heterocycles. The zero-order chi connectivity index (χ0) is 8.43. The summed E-state index contributed by atoms with van der Waals surface area (Å²) in [7, 11) is 0. The second-order valence-electron chi connectivity index (χ2n) is 1.81. The Balaban J connectivity index is 3.42. The molecule has 58 valence electrons. The third-order valence-corrected chi connectivity index (χ3v) is 0.991. The van der Waals surface area contributed by atoms with Crippen LogP contribution in [0.15, 0.2) is 15.7 Å². The lowest BCUT2D eigenvalue weighted by molar-refractivity contribution is 0.0689. The van der Waals surface area contributed by atoms with Crippen molar-refractivity contribution in [3.05, 3.63) is 32.6 Å². The molecule has 0 aliphatic carbocycles. The van der Waals surface area contributed by atoms with E-state index in [9.17, 15) is 14.4 Å². The standard InChI is InChI=1S/C5H4N2O4/c8-3-1-2(4(9)10)6-5(11)7-3/h1H,(H,9,10)(H2,6,7,8,11)/i6+1. The molecular weight excluding hydrogens is 153 g/mol. The van der Waals surface area contributed by atoms with Crippen LogP contribution >= 0.6 is 0 Å². The number of H-pyrrole nitrogens is 2. The number of aromatic amines is 2. The second-order valence-corrected chi connectivity index (χ2v) is 1.81. The summed E-state index contributed by atoms with van der Waals surface area (Å²) in [5.74, 6) is -1.34. The molecule has 11 heavy (non-hydrogen) atoms. The van der Waals surface area contributed by atoms with Gasteiger partial charge in [-0.05, 0) is 0 Å². The molecule has 1 aromatic heterocycles. The minimum atomic E-state index is -1.34. The third kappa shape index (κ3) is 1.54. The van der Waals surface area contributed by atoms with Crippen molar-refractivity contribution in [1.29, 1.82) is 0 Å². The monoisotopic (exact) mass is 157 g/mol. The van der Waals surface area contributed by atoms with Gasteiger partial charge in [-0.3, -0.25) is 9.78 Å². The van der Waals surface area contributed by atoms with E-state index < -0.39 is 22.9 Å². The predicted octanol–water partition coefficient (Wildman–Crippen LogP) is -1.24. The zero-order valence-corrected chi connectivity index (χ0v) is 5.25. The maximum absolute atomic E-state index is 10.5. The van der Waals surface area contributed by atoms with E-state index in [1.54, 1.807) is 0 Å². The number of aromatic carboxylic acids is 1. The topological polar surface area (TPSA) is 103 Å². The highest BCUT2D eigenvalue weighted by molar-refractivity contribution is 5.84. The summed E-state index contributed by atoms with van der Waals surface area (Å²) < 4.78 is 0. The van der Waals surface area contributed by atoms with Gasteiger partial charge in [0.2, 0.25) is 0 Å². The number of carbonyl (C=O) groups is 1. The molecule has 0 amide bonds. The molecule has 0 aliphatic rings. The lowest BCUT2D eigenvalue weighted by Crippen LogP contribution is -2.24. The Kier molecular flexibility index (Phi) is 1.59.